The minimum Gasteiger partial charge on any atom is -0.481 e. The minimum absolute atomic E-state index is 0.00461. The molecule has 0 aromatic heterocycles. The summed E-state index contributed by atoms with van der Waals surface area (Å²) < 4.78 is 0. The van der Waals surface area contributed by atoms with Crippen LogP contribution in [0, 0.1) is 0 Å². The van der Waals surface area contributed by atoms with Gasteiger partial charge in [-0.25, -0.2) is 0 Å². The second-order valence-electron chi connectivity index (χ2n) is 4.08. The summed E-state index contributed by atoms with van der Waals surface area (Å²) in [6, 6.07) is 8.25. The molecule has 3 heteroatoms. The van der Waals surface area contributed by atoms with Gasteiger partial charge in [0.25, 0.3) is 0 Å². The highest BCUT2D eigenvalue weighted by molar-refractivity contribution is 5.68. The van der Waals surface area contributed by atoms with Gasteiger partial charge < -0.3 is 10.0 Å². The molecule has 3 nitrogen and oxygen atoms in total. The second-order valence-corrected chi connectivity index (χ2v) is 4.08. The molecule has 0 aliphatic heterocycles. The Morgan fingerprint density at radius 2 is 1.94 bits per heavy atom. The average molecular weight is 221 g/mol. The normalized spacial score (nSPS) is 12.2. The predicted octanol–water partition coefficient (Wildman–Crippen LogP) is 2.55. The molecule has 0 bridgehead atoms. The Balaban J connectivity index is 2.71. The minimum atomic E-state index is -0.760. The third-order valence-electron chi connectivity index (χ3n) is 2.88. The summed E-state index contributed by atoms with van der Waals surface area (Å²) in [5.41, 5.74) is 2.36. The first kappa shape index (κ1) is 12.6. The molecule has 0 aliphatic carbocycles. The first-order valence-electron chi connectivity index (χ1n) is 5.58. The van der Waals surface area contributed by atoms with Crippen molar-refractivity contribution in [2.75, 3.05) is 11.9 Å². The van der Waals surface area contributed by atoms with Crippen LogP contribution in [0.25, 0.3) is 0 Å². The number of rotatable bonds is 5. The molecule has 1 aromatic rings. The number of nitrogens with zero attached hydrogens (tertiary/aromatic N) is 1. The summed E-state index contributed by atoms with van der Waals surface area (Å²) in [6.07, 6.45) is 1.18. The van der Waals surface area contributed by atoms with Crippen molar-refractivity contribution in [3.05, 3.63) is 29.8 Å². The number of anilines is 1. The Kier molecular flexibility index (Phi) is 4.35. The summed E-state index contributed by atoms with van der Waals surface area (Å²) in [7, 11) is 1.93. The van der Waals surface area contributed by atoms with Crippen LogP contribution in [0.2, 0.25) is 0 Å². The van der Waals surface area contributed by atoms with Crippen LogP contribution in [0.15, 0.2) is 24.3 Å². The number of benzene rings is 1. The molecule has 1 rings (SSSR count). The fourth-order valence-corrected chi connectivity index (χ4v) is 1.61. The Bertz CT molecular complexity index is 345. The van der Waals surface area contributed by atoms with E-state index in [9.17, 15) is 4.79 Å². The highest BCUT2D eigenvalue weighted by atomic mass is 16.4. The van der Waals surface area contributed by atoms with E-state index in [1.807, 2.05) is 31.0 Å². The molecule has 0 amide bonds. The Hall–Kier alpha value is -1.51. The first-order chi connectivity index (χ1) is 7.54. The molecule has 1 aromatic carbocycles. The van der Waals surface area contributed by atoms with Crippen molar-refractivity contribution >= 4 is 11.7 Å². The Labute approximate surface area is 96.7 Å². The molecule has 0 heterocycles. The molecule has 16 heavy (non-hydrogen) atoms. The third-order valence-corrected chi connectivity index (χ3v) is 2.88. The zero-order chi connectivity index (χ0) is 12.1. The van der Waals surface area contributed by atoms with Crippen LogP contribution in [-0.4, -0.2) is 24.2 Å². The van der Waals surface area contributed by atoms with E-state index in [1.165, 1.54) is 5.56 Å². The standard InChI is InChI=1S/C13H19NO2/c1-4-11-5-7-12(8-6-11)14(3)10(2)9-13(15)16/h5-8,10H,4,9H2,1-3H3,(H,15,16). The maximum Gasteiger partial charge on any atom is 0.305 e. The summed E-state index contributed by atoms with van der Waals surface area (Å²) in [4.78, 5) is 12.6. The second kappa shape index (κ2) is 5.54. The van der Waals surface area contributed by atoms with Crippen LogP contribution in [0.3, 0.4) is 0 Å². The average Bonchev–Trinajstić information content (AvgIpc) is 2.27. The van der Waals surface area contributed by atoms with Gasteiger partial charge in [-0.05, 0) is 31.0 Å². The van der Waals surface area contributed by atoms with Gasteiger partial charge in [-0.3, -0.25) is 4.79 Å². The smallest absolute Gasteiger partial charge is 0.305 e. The predicted molar refractivity (Wildman–Crippen MR) is 65.9 cm³/mol. The molecule has 0 fully saturated rings. The molecular formula is C13H19NO2. The van der Waals surface area contributed by atoms with E-state index >= 15 is 0 Å². The fraction of sp³-hybridized carbons (Fsp3) is 0.462. The van der Waals surface area contributed by atoms with E-state index < -0.39 is 5.97 Å². The van der Waals surface area contributed by atoms with Gasteiger partial charge in [-0.15, -0.1) is 0 Å². The molecule has 0 saturated carbocycles. The molecule has 1 unspecified atom stereocenters. The van der Waals surface area contributed by atoms with Crippen molar-refractivity contribution in [3.63, 3.8) is 0 Å². The van der Waals surface area contributed by atoms with Gasteiger partial charge in [-0.1, -0.05) is 19.1 Å². The topological polar surface area (TPSA) is 40.5 Å². The van der Waals surface area contributed by atoms with Crippen LogP contribution < -0.4 is 4.90 Å². The van der Waals surface area contributed by atoms with Gasteiger partial charge >= 0.3 is 5.97 Å². The lowest BCUT2D eigenvalue weighted by atomic mass is 10.1. The number of carbonyl (C=O) groups is 1. The van der Waals surface area contributed by atoms with Crippen molar-refractivity contribution < 1.29 is 9.90 Å². The number of hydrogen-bond donors (Lipinski definition) is 1. The van der Waals surface area contributed by atoms with Crippen molar-refractivity contribution in [2.45, 2.75) is 32.7 Å². The van der Waals surface area contributed by atoms with Crippen LogP contribution in [0.4, 0.5) is 5.69 Å². The van der Waals surface area contributed by atoms with Gasteiger partial charge in [0.15, 0.2) is 0 Å². The highest BCUT2D eigenvalue weighted by Crippen LogP contribution is 2.17. The van der Waals surface area contributed by atoms with Gasteiger partial charge in [0.05, 0.1) is 6.42 Å². The first-order valence-corrected chi connectivity index (χ1v) is 5.58. The van der Waals surface area contributed by atoms with Gasteiger partial charge in [0, 0.05) is 18.8 Å². The van der Waals surface area contributed by atoms with E-state index in [0.29, 0.717) is 0 Å². The van der Waals surface area contributed by atoms with Crippen LogP contribution in [0.5, 0.6) is 0 Å². The van der Waals surface area contributed by atoms with Crippen molar-refractivity contribution in [2.24, 2.45) is 0 Å². The summed E-state index contributed by atoms with van der Waals surface area (Å²) in [5.74, 6) is -0.760. The zero-order valence-electron chi connectivity index (χ0n) is 10.1. The molecule has 1 atom stereocenters. The largest absolute Gasteiger partial charge is 0.481 e. The summed E-state index contributed by atoms with van der Waals surface area (Å²) in [6.45, 7) is 4.04. The SMILES string of the molecule is CCc1ccc(N(C)C(C)CC(=O)O)cc1. The van der Waals surface area contributed by atoms with E-state index in [2.05, 4.69) is 19.1 Å². The maximum absolute atomic E-state index is 10.6. The number of aryl methyl sites for hydroxylation is 1. The number of hydrogen-bond acceptors (Lipinski definition) is 2. The fourth-order valence-electron chi connectivity index (χ4n) is 1.61. The van der Waals surface area contributed by atoms with Crippen LogP contribution in [0.1, 0.15) is 25.8 Å². The lowest BCUT2D eigenvalue weighted by Gasteiger charge is -2.26. The molecule has 88 valence electrons. The lowest BCUT2D eigenvalue weighted by molar-refractivity contribution is -0.137. The molecule has 0 spiro atoms. The van der Waals surface area contributed by atoms with Crippen LogP contribution in [-0.2, 0) is 11.2 Å². The third kappa shape index (κ3) is 3.26. The maximum atomic E-state index is 10.6. The number of carboxylic acids is 1. The van der Waals surface area contributed by atoms with Crippen molar-refractivity contribution in [3.8, 4) is 0 Å². The van der Waals surface area contributed by atoms with E-state index in [1.54, 1.807) is 0 Å². The van der Waals surface area contributed by atoms with Gasteiger partial charge in [0.2, 0.25) is 0 Å². The molecule has 0 saturated heterocycles. The van der Waals surface area contributed by atoms with Gasteiger partial charge in [-0.2, -0.15) is 0 Å². The number of carboxylic acid groups (broad SMARTS) is 1. The van der Waals surface area contributed by atoms with Crippen molar-refractivity contribution in [1.29, 1.82) is 0 Å². The number of aliphatic carboxylic acids is 1. The monoisotopic (exact) mass is 221 g/mol. The quantitative estimate of drug-likeness (QED) is 0.830. The Morgan fingerprint density at radius 1 is 1.38 bits per heavy atom. The molecule has 0 aliphatic rings. The van der Waals surface area contributed by atoms with E-state index in [4.69, 9.17) is 5.11 Å². The van der Waals surface area contributed by atoms with Crippen molar-refractivity contribution in [1.82, 2.24) is 0 Å². The molecule has 1 N–H and O–H groups in total. The molecule has 0 radical (unpaired) electrons. The summed E-state index contributed by atoms with van der Waals surface area (Å²) in [5, 5.41) is 8.74. The highest BCUT2D eigenvalue weighted by Gasteiger charge is 2.13. The van der Waals surface area contributed by atoms with E-state index in [-0.39, 0.29) is 12.5 Å². The van der Waals surface area contributed by atoms with Crippen LogP contribution >= 0.6 is 0 Å². The summed E-state index contributed by atoms with van der Waals surface area (Å²) >= 11 is 0. The Morgan fingerprint density at radius 3 is 2.38 bits per heavy atom. The zero-order valence-corrected chi connectivity index (χ0v) is 10.1. The van der Waals surface area contributed by atoms with Gasteiger partial charge in [0.1, 0.15) is 0 Å². The lowest BCUT2D eigenvalue weighted by Crippen LogP contribution is -2.30. The molecular weight excluding hydrogens is 202 g/mol. The van der Waals surface area contributed by atoms with E-state index in [0.717, 1.165) is 12.1 Å².